The molecule has 1 amide bonds. The van der Waals surface area contributed by atoms with Gasteiger partial charge in [0, 0.05) is 18.5 Å². The predicted molar refractivity (Wildman–Crippen MR) is 94.3 cm³/mol. The van der Waals surface area contributed by atoms with Crippen molar-refractivity contribution in [3.63, 3.8) is 0 Å². The number of amides is 1. The molecule has 0 spiro atoms. The second-order valence-corrected chi connectivity index (χ2v) is 5.62. The summed E-state index contributed by atoms with van der Waals surface area (Å²) in [4.78, 5) is 16.2. The van der Waals surface area contributed by atoms with Crippen LogP contribution in [0.3, 0.4) is 0 Å². The number of carbonyl (C=O) groups is 1. The Morgan fingerprint density at radius 3 is 2.88 bits per heavy atom. The highest BCUT2D eigenvalue weighted by Crippen LogP contribution is 2.27. The van der Waals surface area contributed by atoms with Crippen molar-refractivity contribution in [3.05, 3.63) is 60.2 Å². The van der Waals surface area contributed by atoms with E-state index in [2.05, 4.69) is 15.5 Å². The van der Waals surface area contributed by atoms with Crippen LogP contribution in [-0.4, -0.2) is 23.2 Å². The summed E-state index contributed by atoms with van der Waals surface area (Å²) in [5.74, 6) is 0.970. The fraction of sp³-hybridized carbons (Fsp3) is 0.211. The monoisotopic (exact) mass is 355 g/mol. The molecule has 0 bridgehead atoms. The SMILES string of the molecule is COc1ccccc1-c1noc(CCCC(=O)Nc2cccc(F)c2)n1. The van der Waals surface area contributed by atoms with E-state index in [9.17, 15) is 9.18 Å². The quantitative estimate of drug-likeness (QED) is 0.697. The summed E-state index contributed by atoms with van der Waals surface area (Å²) in [6.07, 6.45) is 1.27. The van der Waals surface area contributed by atoms with Crippen molar-refractivity contribution in [1.82, 2.24) is 10.1 Å². The zero-order valence-corrected chi connectivity index (χ0v) is 14.2. The van der Waals surface area contributed by atoms with Crippen molar-refractivity contribution in [3.8, 4) is 17.1 Å². The molecule has 7 heteroatoms. The number of aromatic nitrogens is 2. The molecule has 0 unspecified atom stereocenters. The Kier molecular flexibility index (Phi) is 5.58. The highest BCUT2D eigenvalue weighted by Gasteiger charge is 2.13. The molecule has 1 heterocycles. The van der Waals surface area contributed by atoms with Gasteiger partial charge in [0.2, 0.25) is 17.6 Å². The Hall–Kier alpha value is -3.22. The minimum Gasteiger partial charge on any atom is -0.496 e. The normalized spacial score (nSPS) is 10.5. The number of methoxy groups -OCH3 is 1. The molecule has 0 aliphatic carbocycles. The first-order valence-electron chi connectivity index (χ1n) is 8.17. The van der Waals surface area contributed by atoms with Crippen LogP contribution in [0.5, 0.6) is 5.75 Å². The third-order valence-corrected chi connectivity index (χ3v) is 3.72. The van der Waals surface area contributed by atoms with Crippen LogP contribution in [0.1, 0.15) is 18.7 Å². The highest BCUT2D eigenvalue weighted by molar-refractivity contribution is 5.90. The van der Waals surface area contributed by atoms with E-state index in [0.29, 0.717) is 36.0 Å². The van der Waals surface area contributed by atoms with E-state index >= 15 is 0 Å². The topological polar surface area (TPSA) is 77.2 Å². The molecule has 2 aromatic carbocycles. The first kappa shape index (κ1) is 17.6. The summed E-state index contributed by atoms with van der Waals surface area (Å²) in [5.41, 5.74) is 1.18. The van der Waals surface area contributed by atoms with Gasteiger partial charge in [0.25, 0.3) is 0 Å². The Morgan fingerprint density at radius 1 is 1.23 bits per heavy atom. The number of carbonyl (C=O) groups excluding carboxylic acids is 1. The molecule has 0 atom stereocenters. The van der Waals surface area contributed by atoms with Gasteiger partial charge in [-0.15, -0.1) is 0 Å². The summed E-state index contributed by atoms with van der Waals surface area (Å²) in [6, 6.07) is 13.2. The molecular weight excluding hydrogens is 337 g/mol. The van der Waals surface area contributed by atoms with Gasteiger partial charge in [0.15, 0.2) is 0 Å². The van der Waals surface area contributed by atoms with E-state index in [1.807, 2.05) is 24.3 Å². The zero-order valence-electron chi connectivity index (χ0n) is 14.2. The molecule has 26 heavy (non-hydrogen) atoms. The van der Waals surface area contributed by atoms with Gasteiger partial charge in [-0.1, -0.05) is 23.4 Å². The van der Waals surface area contributed by atoms with E-state index in [0.717, 1.165) is 5.56 Å². The number of benzene rings is 2. The van der Waals surface area contributed by atoms with Crippen molar-refractivity contribution < 1.29 is 18.4 Å². The molecule has 0 aliphatic heterocycles. The average molecular weight is 355 g/mol. The Balaban J connectivity index is 1.53. The van der Waals surface area contributed by atoms with E-state index in [1.165, 1.54) is 12.1 Å². The lowest BCUT2D eigenvalue weighted by molar-refractivity contribution is -0.116. The van der Waals surface area contributed by atoms with Crippen molar-refractivity contribution >= 4 is 11.6 Å². The average Bonchev–Trinajstić information content (AvgIpc) is 3.10. The maximum Gasteiger partial charge on any atom is 0.226 e. The van der Waals surface area contributed by atoms with Gasteiger partial charge in [-0.25, -0.2) is 4.39 Å². The number of nitrogens with zero attached hydrogens (tertiary/aromatic N) is 2. The van der Waals surface area contributed by atoms with Crippen molar-refractivity contribution in [1.29, 1.82) is 0 Å². The minimum absolute atomic E-state index is 0.194. The van der Waals surface area contributed by atoms with Crippen LogP contribution < -0.4 is 10.1 Å². The summed E-state index contributed by atoms with van der Waals surface area (Å²) in [7, 11) is 1.58. The largest absolute Gasteiger partial charge is 0.496 e. The smallest absolute Gasteiger partial charge is 0.226 e. The van der Waals surface area contributed by atoms with Crippen LogP contribution in [0.4, 0.5) is 10.1 Å². The first-order valence-corrected chi connectivity index (χ1v) is 8.17. The lowest BCUT2D eigenvalue weighted by atomic mass is 10.2. The number of rotatable bonds is 7. The number of hydrogen-bond acceptors (Lipinski definition) is 5. The Labute approximate surface area is 150 Å². The molecular formula is C19H18FN3O3. The molecule has 0 fully saturated rings. The van der Waals surface area contributed by atoms with E-state index in [1.54, 1.807) is 19.2 Å². The number of aryl methyl sites for hydroxylation is 1. The molecule has 3 rings (SSSR count). The van der Waals surface area contributed by atoms with Crippen molar-refractivity contribution in [2.24, 2.45) is 0 Å². The van der Waals surface area contributed by atoms with Gasteiger partial charge in [0.1, 0.15) is 11.6 Å². The standard InChI is InChI=1S/C19H18FN3O3/c1-25-16-9-3-2-8-15(16)19-22-18(26-23-19)11-5-10-17(24)21-14-7-4-6-13(20)12-14/h2-4,6-9,12H,5,10-11H2,1H3,(H,21,24). The third kappa shape index (κ3) is 4.44. The molecule has 3 aromatic rings. The summed E-state index contributed by atoms with van der Waals surface area (Å²) in [6.45, 7) is 0. The van der Waals surface area contributed by atoms with Gasteiger partial charge in [-0.2, -0.15) is 4.98 Å². The van der Waals surface area contributed by atoms with Gasteiger partial charge in [-0.3, -0.25) is 4.79 Å². The maximum absolute atomic E-state index is 13.1. The summed E-state index contributed by atoms with van der Waals surface area (Å²) < 4.78 is 23.6. The van der Waals surface area contributed by atoms with Crippen LogP contribution in [0.15, 0.2) is 53.1 Å². The number of para-hydroxylation sites is 1. The van der Waals surface area contributed by atoms with Crippen LogP contribution >= 0.6 is 0 Å². The third-order valence-electron chi connectivity index (χ3n) is 3.72. The summed E-state index contributed by atoms with van der Waals surface area (Å²) in [5, 5.41) is 6.61. The van der Waals surface area contributed by atoms with Crippen molar-refractivity contribution in [2.75, 3.05) is 12.4 Å². The molecule has 134 valence electrons. The highest BCUT2D eigenvalue weighted by atomic mass is 19.1. The molecule has 0 aliphatic rings. The van der Waals surface area contributed by atoms with Crippen LogP contribution in [0.2, 0.25) is 0 Å². The number of anilines is 1. The second kappa shape index (κ2) is 8.24. The van der Waals surface area contributed by atoms with Gasteiger partial charge in [-0.05, 0) is 36.8 Å². The number of ether oxygens (including phenoxy) is 1. The summed E-state index contributed by atoms with van der Waals surface area (Å²) >= 11 is 0. The van der Waals surface area contributed by atoms with Gasteiger partial charge >= 0.3 is 0 Å². The Bertz CT molecular complexity index is 895. The maximum atomic E-state index is 13.1. The predicted octanol–water partition coefficient (Wildman–Crippen LogP) is 3.85. The molecule has 0 radical (unpaired) electrons. The number of halogens is 1. The van der Waals surface area contributed by atoms with E-state index in [4.69, 9.17) is 9.26 Å². The first-order chi connectivity index (χ1) is 12.7. The van der Waals surface area contributed by atoms with Crippen LogP contribution in [0, 0.1) is 5.82 Å². The van der Waals surface area contributed by atoms with Gasteiger partial charge in [0.05, 0.1) is 12.7 Å². The zero-order chi connectivity index (χ0) is 18.4. The van der Waals surface area contributed by atoms with Crippen molar-refractivity contribution in [2.45, 2.75) is 19.3 Å². The fourth-order valence-corrected chi connectivity index (χ4v) is 2.49. The minimum atomic E-state index is -0.391. The van der Waals surface area contributed by atoms with Crippen LogP contribution in [-0.2, 0) is 11.2 Å². The molecule has 6 nitrogen and oxygen atoms in total. The lowest BCUT2D eigenvalue weighted by Gasteiger charge is -2.04. The van der Waals surface area contributed by atoms with Crippen LogP contribution in [0.25, 0.3) is 11.4 Å². The lowest BCUT2D eigenvalue weighted by Crippen LogP contribution is -2.11. The van der Waals surface area contributed by atoms with E-state index in [-0.39, 0.29) is 12.3 Å². The van der Waals surface area contributed by atoms with Gasteiger partial charge < -0.3 is 14.6 Å². The number of nitrogens with one attached hydrogen (secondary N) is 1. The van der Waals surface area contributed by atoms with E-state index < -0.39 is 5.82 Å². The Morgan fingerprint density at radius 2 is 2.08 bits per heavy atom. The fourth-order valence-electron chi connectivity index (χ4n) is 2.49. The second-order valence-electron chi connectivity index (χ2n) is 5.62. The molecule has 1 N–H and O–H groups in total. The molecule has 0 saturated carbocycles. The number of hydrogen-bond donors (Lipinski definition) is 1. The molecule has 1 aromatic heterocycles. The molecule has 0 saturated heterocycles.